The van der Waals surface area contributed by atoms with Gasteiger partial charge in [0.2, 0.25) is 0 Å². The van der Waals surface area contributed by atoms with E-state index in [0.717, 1.165) is 6.26 Å². The summed E-state index contributed by atoms with van der Waals surface area (Å²) in [4.78, 5) is 17.7. The second kappa shape index (κ2) is 4.43. The van der Waals surface area contributed by atoms with E-state index in [1.54, 1.807) is 0 Å². The number of phenols is 1. The van der Waals surface area contributed by atoms with E-state index in [2.05, 4.69) is 14.2 Å². The molecular weight excluding hydrogens is 276 g/mol. The van der Waals surface area contributed by atoms with Crippen LogP contribution in [-0.2, 0) is 10.1 Å². The van der Waals surface area contributed by atoms with Crippen molar-refractivity contribution in [2.24, 2.45) is 0 Å². The molecule has 0 radical (unpaired) electrons. The van der Waals surface area contributed by atoms with Crippen molar-refractivity contribution in [3.63, 3.8) is 0 Å². The van der Waals surface area contributed by atoms with Gasteiger partial charge in [0.15, 0.2) is 11.5 Å². The summed E-state index contributed by atoms with van der Waals surface area (Å²) in [5.74, 6) is -0.116. The van der Waals surface area contributed by atoms with Gasteiger partial charge in [0.25, 0.3) is 5.56 Å². The Kier molecular flexibility index (Phi) is 3.06. The van der Waals surface area contributed by atoms with Gasteiger partial charge in [-0.2, -0.15) is 13.4 Å². The van der Waals surface area contributed by atoms with Crippen LogP contribution in [0.4, 0.5) is 0 Å². The van der Waals surface area contributed by atoms with Crippen molar-refractivity contribution in [1.82, 2.24) is 9.97 Å². The zero-order valence-corrected chi connectivity index (χ0v) is 10.8. The molecule has 0 saturated carbocycles. The number of hydrogen-bond acceptors (Lipinski definition) is 7. The van der Waals surface area contributed by atoms with Crippen LogP contribution in [0.1, 0.15) is 0 Å². The largest absolute Gasteiger partial charge is 0.504 e. The third-order valence-corrected chi connectivity index (χ3v) is 2.68. The van der Waals surface area contributed by atoms with Crippen molar-refractivity contribution in [2.75, 3.05) is 13.4 Å². The monoisotopic (exact) mass is 286 g/mol. The third kappa shape index (κ3) is 2.76. The molecule has 0 saturated heterocycles. The standard InChI is InChI=1S/C10H10N2O6S/c1-17-8-4-6-5(3-7(8)13)9(14)12-10(11-6)18-19(2,15)16/h3-4,13H,1-2H3,(H,11,12,14). The van der Waals surface area contributed by atoms with Crippen LogP contribution in [0, 0.1) is 0 Å². The zero-order chi connectivity index (χ0) is 14.2. The highest BCUT2D eigenvalue weighted by molar-refractivity contribution is 7.86. The molecule has 2 rings (SSSR count). The van der Waals surface area contributed by atoms with E-state index < -0.39 is 21.7 Å². The molecular formula is C10H10N2O6S. The number of aromatic nitrogens is 2. The minimum Gasteiger partial charge on any atom is -0.504 e. The number of phenolic OH excluding ortho intramolecular Hbond substituents is 1. The second-order valence-corrected chi connectivity index (χ2v) is 5.27. The summed E-state index contributed by atoms with van der Waals surface area (Å²) in [7, 11) is -2.46. The van der Waals surface area contributed by atoms with Crippen molar-refractivity contribution in [1.29, 1.82) is 0 Å². The summed E-state index contributed by atoms with van der Waals surface area (Å²) in [5, 5.41) is 9.64. The van der Waals surface area contributed by atoms with Gasteiger partial charge in [-0.3, -0.25) is 9.78 Å². The summed E-state index contributed by atoms with van der Waals surface area (Å²) >= 11 is 0. The van der Waals surface area contributed by atoms with Crippen LogP contribution in [0.5, 0.6) is 17.5 Å². The fraction of sp³-hybridized carbons (Fsp3) is 0.200. The molecule has 0 bridgehead atoms. The SMILES string of the molecule is COc1cc2nc(OS(C)(=O)=O)[nH]c(=O)c2cc1O. The molecule has 0 spiro atoms. The molecule has 102 valence electrons. The molecule has 0 unspecified atom stereocenters. The van der Waals surface area contributed by atoms with Crippen LogP contribution >= 0.6 is 0 Å². The van der Waals surface area contributed by atoms with Crippen LogP contribution in [-0.4, -0.2) is 36.9 Å². The molecule has 0 atom stereocenters. The van der Waals surface area contributed by atoms with Crippen LogP contribution in [0.15, 0.2) is 16.9 Å². The Balaban J connectivity index is 2.68. The van der Waals surface area contributed by atoms with Crippen molar-refractivity contribution in [3.8, 4) is 17.5 Å². The van der Waals surface area contributed by atoms with Gasteiger partial charge >= 0.3 is 16.1 Å². The molecule has 0 amide bonds. The zero-order valence-electron chi connectivity index (χ0n) is 10.00. The lowest BCUT2D eigenvalue weighted by Gasteiger charge is -2.06. The molecule has 2 N–H and O–H groups in total. The first-order valence-electron chi connectivity index (χ1n) is 5.00. The lowest BCUT2D eigenvalue weighted by molar-refractivity contribution is 0.374. The van der Waals surface area contributed by atoms with Crippen LogP contribution < -0.4 is 14.5 Å². The molecule has 1 heterocycles. The maximum Gasteiger partial charge on any atom is 0.314 e. The first-order chi connectivity index (χ1) is 8.80. The summed E-state index contributed by atoms with van der Waals surface area (Å²) < 4.78 is 31.3. The number of fused-ring (bicyclic) bond motifs is 1. The summed E-state index contributed by atoms with van der Waals surface area (Å²) in [6.07, 6.45) is 0.828. The van der Waals surface area contributed by atoms with Gasteiger partial charge in [0, 0.05) is 6.07 Å². The van der Waals surface area contributed by atoms with E-state index in [1.807, 2.05) is 0 Å². The van der Waals surface area contributed by atoms with Crippen LogP contribution in [0.2, 0.25) is 0 Å². The van der Waals surface area contributed by atoms with E-state index in [9.17, 15) is 18.3 Å². The molecule has 0 aliphatic heterocycles. The van der Waals surface area contributed by atoms with Gasteiger partial charge in [0.05, 0.1) is 24.3 Å². The lowest BCUT2D eigenvalue weighted by Crippen LogP contribution is -2.14. The number of nitrogens with one attached hydrogen (secondary N) is 1. The van der Waals surface area contributed by atoms with E-state index >= 15 is 0 Å². The lowest BCUT2D eigenvalue weighted by atomic mass is 10.2. The molecule has 0 aliphatic rings. The smallest absolute Gasteiger partial charge is 0.314 e. The molecule has 9 heteroatoms. The normalized spacial score (nSPS) is 11.5. The second-order valence-electron chi connectivity index (χ2n) is 3.70. The highest BCUT2D eigenvalue weighted by Gasteiger charge is 2.12. The fourth-order valence-corrected chi connectivity index (χ4v) is 1.85. The van der Waals surface area contributed by atoms with E-state index in [1.165, 1.54) is 19.2 Å². The Morgan fingerprint density at radius 3 is 2.63 bits per heavy atom. The van der Waals surface area contributed by atoms with Gasteiger partial charge in [-0.1, -0.05) is 0 Å². The Hall–Kier alpha value is -2.29. The predicted octanol–water partition coefficient (Wildman–Crippen LogP) is -0.0243. The van der Waals surface area contributed by atoms with E-state index in [0.29, 0.717) is 0 Å². The quantitative estimate of drug-likeness (QED) is 0.761. The van der Waals surface area contributed by atoms with Crippen molar-refractivity contribution in [2.45, 2.75) is 0 Å². The average Bonchev–Trinajstić information content (AvgIpc) is 2.27. The molecule has 0 aliphatic carbocycles. The molecule has 19 heavy (non-hydrogen) atoms. The predicted molar refractivity (Wildman–Crippen MR) is 66.1 cm³/mol. The highest BCUT2D eigenvalue weighted by atomic mass is 32.2. The Bertz CT molecular complexity index is 796. The number of methoxy groups -OCH3 is 1. The number of aromatic hydroxyl groups is 1. The maximum absolute atomic E-state index is 11.7. The topological polar surface area (TPSA) is 119 Å². The number of benzene rings is 1. The Morgan fingerprint density at radius 1 is 1.37 bits per heavy atom. The first kappa shape index (κ1) is 13.1. The summed E-state index contributed by atoms with van der Waals surface area (Å²) in [5.41, 5.74) is -0.501. The van der Waals surface area contributed by atoms with Gasteiger partial charge in [-0.25, -0.2) is 0 Å². The molecule has 0 fully saturated rings. The van der Waals surface area contributed by atoms with Crippen molar-refractivity contribution >= 4 is 21.0 Å². The van der Waals surface area contributed by atoms with Gasteiger partial charge in [-0.15, -0.1) is 0 Å². The van der Waals surface area contributed by atoms with Crippen LogP contribution in [0.25, 0.3) is 10.9 Å². The van der Waals surface area contributed by atoms with E-state index in [-0.39, 0.29) is 22.4 Å². The first-order valence-corrected chi connectivity index (χ1v) is 6.82. The van der Waals surface area contributed by atoms with Gasteiger partial charge in [-0.05, 0) is 6.07 Å². The number of H-pyrrole nitrogens is 1. The maximum atomic E-state index is 11.7. The highest BCUT2D eigenvalue weighted by Crippen LogP contribution is 2.29. The number of rotatable bonds is 3. The van der Waals surface area contributed by atoms with Crippen LogP contribution in [0.3, 0.4) is 0 Å². The van der Waals surface area contributed by atoms with Gasteiger partial charge in [0.1, 0.15) is 0 Å². The third-order valence-electron chi connectivity index (χ3n) is 2.21. The number of ether oxygens (including phenoxy) is 1. The summed E-state index contributed by atoms with van der Waals surface area (Å²) in [6.45, 7) is 0. The fourth-order valence-electron chi connectivity index (χ4n) is 1.48. The number of nitrogens with zero attached hydrogens (tertiary/aromatic N) is 1. The average molecular weight is 286 g/mol. The molecule has 1 aromatic heterocycles. The summed E-state index contributed by atoms with van der Waals surface area (Å²) in [6, 6.07) is 2.02. The molecule has 1 aromatic carbocycles. The Labute approximate surface area is 107 Å². The molecule has 2 aromatic rings. The molecule has 8 nitrogen and oxygen atoms in total. The van der Waals surface area contributed by atoms with Gasteiger partial charge < -0.3 is 14.0 Å². The minimum atomic E-state index is -3.80. The van der Waals surface area contributed by atoms with Crippen molar-refractivity contribution < 1.29 is 22.4 Å². The van der Waals surface area contributed by atoms with Crippen molar-refractivity contribution in [3.05, 3.63) is 22.5 Å². The minimum absolute atomic E-state index is 0.0825. The number of hydrogen-bond donors (Lipinski definition) is 2. The van der Waals surface area contributed by atoms with E-state index in [4.69, 9.17) is 4.74 Å². The Morgan fingerprint density at radius 2 is 2.05 bits per heavy atom. The number of aromatic amines is 1.